The zero-order valence-corrected chi connectivity index (χ0v) is 31.2. The number of hydrogen-bond acceptors (Lipinski definition) is 8. The van der Waals surface area contributed by atoms with Crippen LogP contribution < -0.4 is 10.2 Å². The van der Waals surface area contributed by atoms with Gasteiger partial charge < -0.3 is 19.9 Å². The molecule has 8 rings (SSSR count). The lowest BCUT2D eigenvalue weighted by Gasteiger charge is -2.29. The Morgan fingerprint density at radius 3 is 2.15 bits per heavy atom. The Hall–Kier alpha value is -5.78. The maximum atomic E-state index is 14.2. The number of carbonyl (C=O) groups excluding carboxylic acids is 3. The number of amides is 3. The third-order valence-electron chi connectivity index (χ3n) is 10.3. The monoisotopic (exact) mass is 750 g/mol. The molecule has 4 aromatic carbocycles. The number of morpholine rings is 1. The van der Waals surface area contributed by atoms with E-state index in [1.165, 1.54) is 11.8 Å². The smallest absolute Gasteiger partial charge is 0.247 e. The third kappa shape index (κ3) is 8.18. The molecule has 10 nitrogen and oxygen atoms in total. The van der Waals surface area contributed by atoms with E-state index >= 15 is 0 Å². The summed E-state index contributed by atoms with van der Waals surface area (Å²) in [6.07, 6.45) is 3.06. The van der Waals surface area contributed by atoms with Gasteiger partial charge in [-0.3, -0.25) is 24.3 Å². The van der Waals surface area contributed by atoms with Crippen molar-refractivity contribution in [2.75, 3.05) is 43.1 Å². The van der Waals surface area contributed by atoms with Crippen LogP contribution in [-0.2, 0) is 25.7 Å². The summed E-state index contributed by atoms with van der Waals surface area (Å²) in [7, 11) is 0. The maximum absolute atomic E-state index is 14.2. The maximum Gasteiger partial charge on any atom is 0.247 e. The van der Waals surface area contributed by atoms with Crippen LogP contribution in [0.2, 0.25) is 0 Å². The number of anilines is 2. The minimum Gasteiger partial charge on any atom is -0.378 e. The summed E-state index contributed by atoms with van der Waals surface area (Å²) < 4.78 is 5.50. The van der Waals surface area contributed by atoms with Gasteiger partial charge in [-0.25, -0.2) is 4.99 Å². The fourth-order valence-electron chi connectivity index (χ4n) is 7.43. The standard InChI is InChI=1S/C44H42N6O4S/c51-41(38-15-9-25-49(38)42(52)39(31-10-3-1-4-11-31)32-12-5-2-6-13-32)46-34-18-16-33(17-19-34)40-43(53)50(30-36-14-7-8-24-45-36)44(55-40)47-35-20-22-37(23-21-35)48-26-28-54-29-27-48/h1-8,10-14,16-24,38-40H,9,15,25-30H2,(H,46,51)/b47-44-/t38-,40?/m0/s1. The number of nitrogens with one attached hydrogen (secondary N) is 1. The van der Waals surface area contributed by atoms with Crippen molar-refractivity contribution in [2.24, 2.45) is 4.99 Å². The van der Waals surface area contributed by atoms with Crippen molar-refractivity contribution in [3.8, 4) is 0 Å². The van der Waals surface area contributed by atoms with Crippen LogP contribution in [0, 0.1) is 0 Å². The molecule has 0 bridgehead atoms. The van der Waals surface area contributed by atoms with Crippen molar-refractivity contribution in [1.29, 1.82) is 0 Å². The first kappa shape index (κ1) is 36.2. The van der Waals surface area contributed by atoms with Gasteiger partial charge in [-0.2, -0.15) is 0 Å². The second kappa shape index (κ2) is 16.7. The van der Waals surface area contributed by atoms with Gasteiger partial charge >= 0.3 is 0 Å². The van der Waals surface area contributed by atoms with Crippen molar-refractivity contribution < 1.29 is 19.1 Å². The molecule has 11 heteroatoms. The molecule has 1 aromatic heterocycles. The van der Waals surface area contributed by atoms with Gasteiger partial charge in [-0.05, 0) is 78.1 Å². The van der Waals surface area contributed by atoms with Gasteiger partial charge in [0.1, 0.15) is 11.3 Å². The van der Waals surface area contributed by atoms with E-state index in [4.69, 9.17) is 9.73 Å². The number of hydrogen-bond donors (Lipinski definition) is 1. The second-order valence-electron chi connectivity index (χ2n) is 13.8. The van der Waals surface area contributed by atoms with Crippen LogP contribution in [0.25, 0.3) is 0 Å². The van der Waals surface area contributed by atoms with E-state index in [0.29, 0.717) is 43.6 Å². The number of rotatable bonds is 10. The summed E-state index contributed by atoms with van der Waals surface area (Å²) in [6, 6.07) is 40.0. The van der Waals surface area contributed by atoms with E-state index < -0.39 is 17.2 Å². The first-order valence-corrected chi connectivity index (χ1v) is 19.6. The summed E-state index contributed by atoms with van der Waals surface area (Å²) in [4.78, 5) is 57.1. The molecule has 0 aliphatic carbocycles. The lowest BCUT2D eigenvalue weighted by atomic mass is 9.90. The average Bonchev–Trinajstić information content (AvgIpc) is 3.85. The number of pyridine rings is 1. The van der Waals surface area contributed by atoms with E-state index in [1.54, 1.807) is 16.0 Å². The zero-order chi connectivity index (χ0) is 37.6. The Morgan fingerprint density at radius 2 is 1.49 bits per heavy atom. The van der Waals surface area contributed by atoms with Crippen LogP contribution in [0.4, 0.5) is 17.1 Å². The molecule has 3 amide bonds. The number of carbonyl (C=O) groups is 3. The van der Waals surface area contributed by atoms with Crippen molar-refractivity contribution in [2.45, 2.75) is 36.6 Å². The second-order valence-corrected chi connectivity index (χ2v) is 14.9. The summed E-state index contributed by atoms with van der Waals surface area (Å²) in [5, 5.41) is 3.14. The lowest BCUT2D eigenvalue weighted by Crippen LogP contribution is -2.45. The van der Waals surface area contributed by atoms with Gasteiger partial charge in [0.2, 0.25) is 17.7 Å². The number of amidine groups is 1. The Morgan fingerprint density at radius 1 is 0.818 bits per heavy atom. The molecule has 2 atom stereocenters. The van der Waals surface area contributed by atoms with Crippen LogP contribution in [0.1, 0.15) is 46.4 Å². The molecule has 3 aliphatic heterocycles. The van der Waals surface area contributed by atoms with Gasteiger partial charge in [0, 0.05) is 37.2 Å². The Kier molecular flexibility index (Phi) is 11.0. The van der Waals surface area contributed by atoms with Gasteiger partial charge in [0.05, 0.1) is 37.1 Å². The lowest BCUT2D eigenvalue weighted by molar-refractivity contribution is -0.137. The van der Waals surface area contributed by atoms with Crippen molar-refractivity contribution in [1.82, 2.24) is 14.8 Å². The number of likely N-dealkylation sites (tertiary alicyclic amines) is 1. The van der Waals surface area contributed by atoms with Gasteiger partial charge in [0.15, 0.2) is 5.17 Å². The first-order valence-electron chi connectivity index (χ1n) is 18.7. The molecule has 1 unspecified atom stereocenters. The number of benzene rings is 4. The molecule has 0 radical (unpaired) electrons. The molecule has 4 heterocycles. The minimum absolute atomic E-state index is 0.0806. The van der Waals surface area contributed by atoms with Crippen LogP contribution in [0.5, 0.6) is 0 Å². The van der Waals surface area contributed by atoms with Crippen LogP contribution in [0.15, 0.2) is 139 Å². The first-order chi connectivity index (χ1) is 27.0. The van der Waals surface area contributed by atoms with Gasteiger partial charge in [-0.15, -0.1) is 0 Å². The highest BCUT2D eigenvalue weighted by Gasteiger charge is 2.40. The fourth-order valence-corrected chi connectivity index (χ4v) is 8.60. The molecule has 55 heavy (non-hydrogen) atoms. The Bertz CT molecular complexity index is 2090. The molecule has 0 saturated carbocycles. The summed E-state index contributed by atoms with van der Waals surface area (Å²) >= 11 is 1.41. The number of thioether (sulfide) groups is 1. The molecule has 3 fully saturated rings. The summed E-state index contributed by atoms with van der Waals surface area (Å²) in [6.45, 7) is 3.94. The fraction of sp³-hybridized carbons (Fsp3) is 0.250. The zero-order valence-electron chi connectivity index (χ0n) is 30.4. The normalized spacial score (nSPS) is 19.3. The number of nitrogens with zero attached hydrogens (tertiary/aromatic N) is 5. The number of ether oxygens (including phenoxy) is 1. The SMILES string of the molecule is O=C(Nc1ccc(C2S/C(=N\c3ccc(N4CCOCC4)cc3)N(Cc3ccccn3)C2=O)cc1)[C@@H]1CCCN1C(=O)C(c1ccccc1)c1ccccc1. The Labute approximate surface area is 325 Å². The van der Waals surface area contributed by atoms with E-state index in [1.807, 2.05) is 115 Å². The predicted molar refractivity (Wildman–Crippen MR) is 216 cm³/mol. The van der Waals surface area contributed by atoms with Crippen LogP contribution >= 0.6 is 11.8 Å². The highest BCUT2D eigenvalue weighted by Crippen LogP contribution is 2.42. The largest absolute Gasteiger partial charge is 0.378 e. The van der Waals surface area contributed by atoms with E-state index in [9.17, 15) is 14.4 Å². The molecule has 0 spiro atoms. The highest BCUT2D eigenvalue weighted by atomic mass is 32.2. The third-order valence-corrected chi connectivity index (χ3v) is 11.5. The average molecular weight is 751 g/mol. The van der Waals surface area contributed by atoms with Crippen LogP contribution in [-0.4, -0.2) is 76.6 Å². The summed E-state index contributed by atoms with van der Waals surface area (Å²) in [5.74, 6) is -0.886. The highest BCUT2D eigenvalue weighted by molar-refractivity contribution is 8.15. The molecule has 1 N–H and O–H groups in total. The molecule has 3 saturated heterocycles. The molecular formula is C44H42N6O4S. The molecule has 5 aromatic rings. The number of aromatic nitrogens is 1. The summed E-state index contributed by atoms with van der Waals surface area (Å²) in [5.41, 5.74) is 5.85. The predicted octanol–water partition coefficient (Wildman–Crippen LogP) is 7.18. The van der Waals surface area contributed by atoms with Gasteiger partial charge in [0.25, 0.3) is 0 Å². The molecular weight excluding hydrogens is 709 g/mol. The minimum atomic E-state index is -0.587. The van der Waals surface area contributed by atoms with Crippen molar-refractivity contribution in [3.05, 3.63) is 156 Å². The van der Waals surface area contributed by atoms with E-state index in [0.717, 1.165) is 53.3 Å². The quantitative estimate of drug-likeness (QED) is 0.161. The molecule has 3 aliphatic rings. The Balaban J connectivity index is 0.975. The topological polar surface area (TPSA) is 107 Å². The van der Waals surface area contributed by atoms with E-state index in [2.05, 4.69) is 27.3 Å². The van der Waals surface area contributed by atoms with E-state index in [-0.39, 0.29) is 17.7 Å². The molecule has 278 valence electrons. The van der Waals surface area contributed by atoms with Gasteiger partial charge in [-0.1, -0.05) is 90.6 Å². The van der Waals surface area contributed by atoms with Crippen molar-refractivity contribution >= 4 is 51.7 Å². The van der Waals surface area contributed by atoms with Crippen molar-refractivity contribution in [3.63, 3.8) is 0 Å². The van der Waals surface area contributed by atoms with Crippen LogP contribution in [0.3, 0.4) is 0 Å². The number of aliphatic imine (C=N–C) groups is 1.